The molecule has 8 nitrogen and oxygen atoms in total. The van der Waals surface area contributed by atoms with Crippen LogP contribution >= 0.6 is 0 Å². The maximum atomic E-state index is 12.6. The van der Waals surface area contributed by atoms with Crippen molar-refractivity contribution in [1.29, 1.82) is 0 Å². The number of nitrogens with zero attached hydrogens (tertiary/aromatic N) is 1. The van der Waals surface area contributed by atoms with E-state index in [0.717, 1.165) is 16.1 Å². The number of anilines is 1. The van der Waals surface area contributed by atoms with Gasteiger partial charge in [0.05, 0.1) is 39.3 Å². The lowest BCUT2D eigenvalue weighted by atomic mass is 10.1. The van der Waals surface area contributed by atoms with Gasteiger partial charge in [0.2, 0.25) is 15.9 Å². The minimum atomic E-state index is -3.68. The number of methoxy groups -OCH3 is 3. The van der Waals surface area contributed by atoms with Crippen LogP contribution in [0.3, 0.4) is 0 Å². The van der Waals surface area contributed by atoms with Gasteiger partial charge in [0.25, 0.3) is 0 Å². The van der Waals surface area contributed by atoms with E-state index in [4.69, 9.17) is 14.2 Å². The van der Waals surface area contributed by atoms with Crippen LogP contribution in [0.2, 0.25) is 0 Å². The molecule has 0 radical (unpaired) electrons. The first-order valence-electron chi connectivity index (χ1n) is 8.82. The van der Waals surface area contributed by atoms with E-state index in [0.29, 0.717) is 22.9 Å². The summed E-state index contributed by atoms with van der Waals surface area (Å²) in [5.74, 6) is 1.17. The molecule has 0 fully saturated rings. The number of carbonyl (C=O) groups excluding carboxylic acids is 1. The normalized spacial score (nSPS) is 12.0. The fourth-order valence-electron chi connectivity index (χ4n) is 2.79. The molecule has 1 amide bonds. The van der Waals surface area contributed by atoms with Gasteiger partial charge in [-0.2, -0.15) is 0 Å². The molecule has 0 saturated heterocycles. The van der Waals surface area contributed by atoms with Crippen molar-refractivity contribution in [3.05, 3.63) is 48.0 Å². The third-order valence-corrected chi connectivity index (χ3v) is 5.45. The molecule has 158 valence electrons. The molecular weight excluding hydrogens is 396 g/mol. The summed E-state index contributed by atoms with van der Waals surface area (Å²) in [6.07, 6.45) is 1.05. The van der Waals surface area contributed by atoms with Crippen molar-refractivity contribution in [1.82, 2.24) is 5.32 Å². The van der Waals surface area contributed by atoms with Crippen molar-refractivity contribution < 1.29 is 27.4 Å². The second kappa shape index (κ2) is 9.51. The zero-order valence-electron chi connectivity index (χ0n) is 17.1. The molecule has 2 rings (SSSR count). The van der Waals surface area contributed by atoms with Crippen molar-refractivity contribution in [3.63, 3.8) is 0 Å². The van der Waals surface area contributed by atoms with E-state index in [-0.39, 0.29) is 12.6 Å². The first-order chi connectivity index (χ1) is 13.7. The minimum absolute atomic E-state index is 0.348. The summed E-state index contributed by atoms with van der Waals surface area (Å²) in [5.41, 5.74) is 1.14. The largest absolute Gasteiger partial charge is 0.497 e. The number of carbonyl (C=O) groups is 1. The highest BCUT2D eigenvalue weighted by Crippen LogP contribution is 2.30. The maximum absolute atomic E-state index is 12.6. The Morgan fingerprint density at radius 2 is 1.72 bits per heavy atom. The smallest absolute Gasteiger partial charge is 0.241 e. The Kier molecular flexibility index (Phi) is 7.33. The zero-order chi connectivity index (χ0) is 21.6. The molecule has 29 heavy (non-hydrogen) atoms. The highest BCUT2D eigenvalue weighted by molar-refractivity contribution is 7.92. The molecule has 0 aliphatic carbocycles. The summed E-state index contributed by atoms with van der Waals surface area (Å²) in [6.45, 7) is 1.44. The van der Waals surface area contributed by atoms with E-state index in [9.17, 15) is 13.2 Å². The van der Waals surface area contributed by atoms with Gasteiger partial charge in [-0.15, -0.1) is 0 Å². The number of ether oxygens (including phenoxy) is 3. The van der Waals surface area contributed by atoms with E-state index in [2.05, 4.69) is 5.32 Å². The van der Waals surface area contributed by atoms with Crippen molar-refractivity contribution in [2.45, 2.75) is 13.0 Å². The van der Waals surface area contributed by atoms with E-state index in [1.165, 1.54) is 14.2 Å². The van der Waals surface area contributed by atoms with Gasteiger partial charge in [-0.25, -0.2) is 8.42 Å². The highest BCUT2D eigenvalue weighted by atomic mass is 32.2. The molecule has 0 aromatic heterocycles. The summed E-state index contributed by atoms with van der Waals surface area (Å²) in [5, 5.41) is 2.81. The number of sulfonamides is 1. The Bertz CT molecular complexity index is 961. The van der Waals surface area contributed by atoms with Crippen molar-refractivity contribution >= 4 is 21.6 Å². The third-order valence-electron chi connectivity index (χ3n) is 4.31. The minimum Gasteiger partial charge on any atom is -0.497 e. The predicted molar refractivity (Wildman–Crippen MR) is 111 cm³/mol. The Morgan fingerprint density at radius 1 is 1.03 bits per heavy atom. The highest BCUT2D eigenvalue weighted by Gasteiger charge is 2.22. The van der Waals surface area contributed by atoms with Gasteiger partial charge in [-0.1, -0.05) is 12.1 Å². The first-order valence-corrected chi connectivity index (χ1v) is 10.7. The monoisotopic (exact) mass is 422 g/mol. The lowest BCUT2D eigenvalue weighted by Gasteiger charge is -2.24. The summed E-state index contributed by atoms with van der Waals surface area (Å²) < 4.78 is 41.2. The Morgan fingerprint density at radius 3 is 2.31 bits per heavy atom. The molecule has 0 bridgehead atoms. The van der Waals surface area contributed by atoms with Crippen LogP contribution in [-0.2, 0) is 14.8 Å². The van der Waals surface area contributed by atoms with E-state index in [1.54, 1.807) is 50.4 Å². The lowest BCUT2D eigenvalue weighted by Crippen LogP contribution is -2.41. The molecule has 9 heteroatoms. The van der Waals surface area contributed by atoms with Crippen LogP contribution in [0.1, 0.15) is 18.5 Å². The van der Waals surface area contributed by atoms with E-state index < -0.39 is 15.9 Å². The fourth-order valence-corrected chi connectivity index (χ4v) is 3.64. The SMILES string of the molecule is COc1cccc(N(CC(=O)N[C@@H](C)c2ccc(OC)c(OC)c2)S(C)(=O)=O)c1. The van der Waals surface area contributed by atoms with Gasteiger partial charge < -0.3 is 19.5 Å². The molecule has 1 atom stereocenters. The molecule has 1 N–H and O–H groups in total. The lowest BCUT2D eigenvalue weighted by molar-refractivity contribution is -0.120. The van der Waals surface area contributed by atoms with E-state index in [1.807, 2.05) is 6.07 Å². The number of hydrogen-bond donors (Lipinski definition) is 1. The second-order valence-electron chi connectivity index (χ2n) is 6.37. The quantitative estimate of drug-likeness (QED) is 0.667. The number of rotatable bonds is 9. The molecular formula is C20H26N2O6S. The predicted octanol–water partition coefficient (Wildman–Crippen LogP) is 2.36. The fraction of sp³-hybridized carbons (Fsp3) is 0.350. The number of benzene rings is 2. The molecule has 0 saturated carbocycles. The van der Waals surface area contributed by atoms with Crippen molar-refractivity contribution in [3.8, 4) is 17.2 Å². The Balaban J connectivity index is 2.18. The topological polar surface area (TPSA) is 94.2 Å². The van der Waals surface area contributed by atoms with Gasteiger partial charge in [0.1, 0.15) is 12.3 Å². The summed E-state index contributed by atoms with van der Waals surface area (Å²) in [7, 11) is 0.883. The molecule has 0 unspecified atom stereocenters. The molecule has 0 aliphatic rings. The maximum Gasteiger partial charge on any atom is 0.241 e. The average molecular weight is 423 g/mol. The summed E-state index contributed by atoms with van der Waals surface area (Å²) in [4.78, 5) is 12.6. The summed E-state index contributed by atoms with van der Waals surface area (Å²) in [6, 6.07) is 11.5. The zero-order valence-corrected chi connectivity index (χ0v) is 17.9. The molecule has 0 heterocycles. The van der Waals surface area contributed by atoms with Crippen LogP contribution in [0, 0.1) is 0 Å². The van der Waals surface area contributed by atoms with Crippen molar-refractivity contribution in [2.24, 2.45) is 0 Å². The molecule has 0 aliphatic heterocycles. The van der Waals surface area contributed by atoms with Crippen LogP contribution in [0.5, 0.6) is 17.2 Å². The van der Waals surface area contributed by atoms with Crippen LogP contribution in [0.4, 0.5) is 5.69 Å². The second-order valence-corrected chi connectivity index (χ2v) is 8.28. The van der Waals surface area contributed by atoms with Gasteiger partial charge >= 0.3 is 0 Å². The number of amides is 1. The van der Waals surface area contributed by atoms with Gasteiger partial charge in [-0.3, -0.25) is 9.10 Å². The summed E-state index contributed by atoms with van der Waals surface area (Å²) >= 11 is 0. The molecule has 0 spiro atoms. The van der Waals surface area contributed by atoms with Crippen LogP contribution in [0.25, 0.3) is 0 Å². The van der Waals surface area contributed by atoms with Crippen LogP contribution in [-0.4, -0.2) is 48.5 Å². The average Bonchev–Trinajstić information content (AvgIpc) is 2.70. The Labute approximate surface area is 171 Å². The van der Waals surface area contributed by atoms with Crippen LogP contribution in [0.15, 0.2) is 42.5 Å². The first kappa shape index (κ1) is 22.4. The van der Waals surface area contributed by atoms with E-state index >= 15 is 0 Å². The van der Waals surface area contributed by atoms with Crippen molar-refractivity contribution in [2.75, 3.05) is 38.4 Å². The Hall–Kier alpha value is -2.94. The van der Waals surface area contributed by atoms with Gasteiger partial charge in [0.15, 0.2) is 11.5 Å². The standard InChI is InChI=1S/C20H26N2O6S/c1-14(15-9-10-18(27-3)19(11-15)28-4)21-20(23)13-22(29(5,24)25)16-7-6-8-17(12-16)26-2/h6-12,14H,13H2,1-5H3,(H,21,23)/t14-/m0/s1. The van der Waals surface area contributed by atoms with Crippen LogP contribution < -0.4 is 23.8 Å². The third kappa shape index (κ3) is 5.77. The van der Waals surface area contributed by atoms with Gasteiger partial charge in [-0.05, 0) is 36.8 Å². The molecule has 2 aromatic rings. The molecule has 2 aromatic carbocycles. The number of hydrogen-bond acceptors (Lipinski definition) is 6. The van der Waals surface area contributed by atoms with Gasteiger partial charge in [0, 0.05) is 6.07 Å². The number of nitrogens with one attached hydrogen (secondary N) is 1.